The van der Waals surface area contributed by atoms with Gasteiger partial charge in [0.25, 0.3) is 5.91 Å². The van der Waals surface area contributed by atoms with E-state index in [9.17, 15) is 24.0 Å². The Balaban J connectivity index is 3.03. The lowest BCUT2D eigenvalue weighted by atomic mass is 9.94. The van der Waals surface area contributed by atoms with E-state index >= 15 is 0 Å². The monoisotopic (exact) mass is 645 g/mol. The van der Waals surface area contributed by atoms with E-state index in [1.807, 2.05) is 62.3 Å². The molecule has 0 spiro atoms. The number of amides is 5. The quantitative estimate of drug-likeness (QED) is 0.127. The highest BCUT2D eigenvalue weighted by Gasteiger charge is 2.33. The minimum absolute atomic E-state index is 0.0905. The highest BCUT2D eigenvalue weighted by molar-refractivity contribution is 5.98. The number of carbonyl (C=O) groups is 5. The van der Waals surface area contributed by atoms with Crippen LogP contribution in [0.15, 0.2) is 24.5 Å². The van der Waals surface area contributed by atoms with Crippen molar-refractivity contribution in [2.75, 3.05) is 13.1 Å². The number of rotatable bonds is 20. The summed E-state index contributed by atoms with van der Waals surface area (Å²) in [5, 5.41) is 17.7. The number of hydrogen-bond donors (Lipinski definition) is 6. The Morgan fingerprint density at radius 1 is 0.674 bits per heavy atom. The Kier molecular flexibility index (Phi) is 18.1. The van der Waals surface area contributed by atoms with Crippen molar-refractivity contribution in [1.29, 1.82) is 0 Å². The molecule has 1 aromatic rings. The van der Waals surface area contributed by atoms with E-state index in [1.165, 1.54) is 12.4 Å². The summed E-state index contributed by atoms with van der Waals surface area (Å²) in [7, 11) is 0. The second kappa shape index (κ2) is 20.6. The topological polar surface area (TPSA) is 170 Å². The van der Waals surface area contributed by atoms with E-state index in [1.54, 1.807) is 19.1 Å². The van der Waals surface area contributed by atoms with Crippen LogP contribution in [0.25, 0.3) is 0 Å². The average molecular weight is 646 g/mol. The largest absolute Gasteiger partial charge is 0.355 e. The molecule has 0 aliphatic heterocycles. The van der Waals surface area contributed by atoms with Crippen molar-refractivity contribution in [3.63, 3.8) is 0 Å². The third-order valence-electron chi connectivity index (χ3n) is 8.28. The molecule has 5 amide bonds. The fraction of sp³-hybridized carbons (Fsp3) is 0.706. The van der Waals surface area contributed by atoms with Crippen LogP contribution >= 0.6 is 0 Å². The van der Waals surface area contributed by atoms with E-state index in [-0.39, 0.29) is 53.3 Å². The van der Waals surface area contributed by atoms with Crippen LogP contribution in [-0.2, 0) is 19.2 Å². The van der Waals surface area contributed by atoms with Crippen LogP contribution in [0.5, 0.6) is 0 Å². The van der Waals surface area contributed by atoms with Gasteiger partial charge in [0.15, 0.2) is 0 Å². The third-order valence-corrected chi connectivity index (χ3v) is 8.28. The second-order valence-corrected chi connectivity index (χ2v) is 13.0. The van der Waals surface area contributed by atoms with E-state index in [2.05, 4.69) is 36.9 Å². The summed E-state index contributed by atoms with van der Waals surface area (Å²) < 4.78 is 0. The van der Waals surface area contributed by atoms with Crippen LogP contribution in [0, 0.1) is 23.7 Å². The maximum Gasteiger partial charge on any atom is 0.252 e. The van der Waals surface area contributed by atoms with E-state index in [0.717, 1.165) is 0 Å². The first-order chi connectivity index (χ1) is 21.7. The molecule has 0 aliphatic carbocycles. The molecule has 1 rings (SSSR count). The van der Waals surface area contributed by atoms with Gasteiger partial charge in [0, 0.05) is 37.1 Å². The van der Waals surface area contributed by atoms with Crippen LogP contribution in [0.1, 0.15) is 98.9 Å². The summed E-state index contributed by atoms with van der Waals surface area (Å²) in [6.45, 7) is 19.8. The van der Waals surface area contributed by atoms with Crippen LogP contribution in [-0.4, -0.2) is 77.8 Å². The Morgan fingerprint density at radius 2 is 1.20 bits per heavy atom. The van der Waals surface area contributed by atoms with Crippen molar-refractivity contribution >= 4 is 29.5 Å². The van der Waals surface area contributed by atoms with Gasteiger partial charge in [0.05, 0.1) is 6.04 Å². The van der Waals surface area contributed by atoms with Crippen LogP contribution in [0.4, 0.5) is 0 Å². The summed E-state index contributed by atoms with van der Waals surface area (Å²) in [5.74, 6) is -1.89. The first-order valence-corrected chi connectivity index (χ1v) is 16.8. The van der Waals surface area contributed by atoms with Crippen LogP contribution in [0.2, 0.25) is 0 Å². The van der Waals surface area contributed by atoms with Gasteiger partial charge in [-0.1, -0.05) is 68.2 Å². The van der Waals surface area contributed by atoms with Gasteiger partial charge in [0.2, 0.25) is 23.6 Å². The van der Waals surface area contributed by atoms with E-state index < -0.39 is 30.1 Å². The molecule has 12 nitrogen and oxygen atoms in total. The van der Waals surface area contributed by atoms with E-state index in [4.69, 9.17) is 0 Å². The fourth-order valence-electron chi connectivity index (χ4n) is 4.94. The maximum atomic E-state index is 13.7. The predicted octanol–water partition coefficient (Wildman–Crippen LogP) is 2.54. The molecule has 0 aliphatic rings. The van der Waals surface area contributed by atoms with E-state index in [0.29, 0.717) is 37.9 Å². The minimum Gasteiger partial charge on any atom is -0.355 e. The van der Waals surface area contributed by atoms with Crippen LogP contribution < -0.4 is 31.9 Å². The Morgan fingerprint density at radius 3 is 1.70 bits per heavy atom. The van der Waals surface area contributed by atoms with Gasteiger partial charge in [-0.25, -0.2) is 0 Å². The molecule has 260 valence electrons. The molecule has 0 saturated heterocycles. The predicted molar refractivity (Wildman–Crippen MR) is 181 cm³/mol. The maximum absolute atomic E-state index is 13.7. The van der Waals surface area contributed by atoms with Crippen molar-refractivity contribution in [3.05, 3.63) is 30.1 Å². The van der Waals surface area contributed by atoms with Gasteiger partial charge in [-0.2, -0.15) is 0 Å². The molecule has 5 unspecified atom stereocenters. The lowest BCUT2D eigenvalue weighted by Gasteiger charge is -2.31. The summed E-state index contributed by atoms with van der Waals surface area (Å²) in [6.07, 6.45) is 4.95. The van der Waals surface area contributed by atoms with Crippen molar-refractivity contribution in [3.8, 4) is 0 Å². The molecule has 0 fully saturated rings. The molecule has 1 heterocycles. The molecule has 0 saturated carbocycles. The molecule has 0 bridgehead atoms. The first kappa shape index (κ1) is 40.5. The number of carbonyl (C=O) groups excluding carboxylic acids is 5. The van der Waals surface area contributed by atoms with Gasteiger partial charge in [-0.15, -0.1) is 0 Å². The van der Waals surface area contributed by atoms with Crippen molar-refractivity contribution < 1.29 is 24.0 Å². The zero-order valence-corrected chi connectivity index (χ0v) is 29.5. The summed E-state index contributed by atoms with van der Waals surface area (Å²) in [4.78, 5) is 69.6. The van der Waals surface area contributed by atoms with Crippen molar-refractivity contribution in [2.45, 2.75) is 119 Å². The number of hydrogen-bond acceptors (Lipinski definition) is 7. The van der Waals surface area contributed by atoms with Gasteiger partial charge < -0.3 is 31.9 Å². The number of nitrogens with one attached hydrogen (secondary N) is 6. The molecule has 46 heavy (non-hydrogen) atoms. The second-order valence-electron chi connectivity index (χ2n) is 13.0. The molecule has 1 aromatic heterocycles. The Hall–Kier alpha value is -3.54. The number of aromatic nitrogens is 1. The minimum atomic E-state index is -0.841. The number of likely N-dealkylation sites (N-methyl/N-ethyl adjacent to an activating group) is 1. The first-order valence-electron chi connectivity index (χ1n) is 16.8. The van der Waals surface area contributed by atoms with Gasteiger partial charge in [0.1, 0.15) is 18.1 Å². The summed E-state index contributed by atoms with van der Waals surface area (Å²) in [6, 6.07) is -0.116. The summed E-state index contributed by atoms with van der Waals surface area (Å²) >= 11 is 0. The zero-order valence-electron chi connectivity index (χ0n) is 29.5. The SMILES string of the molecule is CCNC(=O)C(NC(=O)[C@H](C)NCC(CC(C)C)NC(=O)[C@@H](NC(=O)C(NC(=O)c1ccncc1)C(C)CC)C(C)CC)C(C)C. The van der Waals surface area contributed by atoms with Gasteiger partial charge in [-0.05, 0) is 56.1 Å². The third kappa shape index (κ3) is 13.4. The number of pyridine rings is 1. The van der Waals surface area contributed by atoms with Crippen LogP contribution in [0.3, 0.4) is 0 Å². The lowest BCUT2D eigenvalue weighted by Crippen LogP contribution is -2.59. The fourth-order valence-corrected chi connectivity index (χ4v) is 4.94. The highest BCUT2D eigenvalue weighted by atomic mass is 16.2. The molecular formula is C34H59N7O5. The van der Waals surface area contributed by atoms with Gasteiger partial charge in [-0.3, -0.25) is 29.0 Å². The normalized spacial score (nSPS) is 15.9. The smallest absolute Gasteiger partial charge is 0.252 e. The Bertz CT molecular complexity index is 1110. The lowest BCUT2D eigenvalue weighted by molar-refractivity contribution is -0.132. The number of nitrogens with zero attached hydrogens (tertiary/aromatic N) is 1. The molecular weight excluding hydrogens is 586 g/mol. The zero-order chi connectivity index (χ0) is 35.0. The van der Waals surface area contributed by atoms with Crippen molar-refractivity contribution in [2.24, 2.45) is 23.7 Å². The molecule has 0 aromatic carbocycles. The highest BCUT2D eigenvalue weighted by Crippen LogP contribution is 2.14. The standard InChI is InChI=1S/C34H59N7O5/c1-11-22(8)28(41-34(46)29(23(9)12-2)40-31(43)25-14-16-35-17-15-25)33(45)38-26(18-20(4)5)19-37-24(10)30(42)39-27(21(6)7)32(44)36-13-3/h14-17,20-24,26-29,37H,11-13,18-19H2,1-10H3,(H,36,44)(H,38,45)(H,39,42)(H,40,43)(H,41,46)/t22?,23?,24-,26?,27?,28-,29?/m0/s1. The Labute approximate surface area is 275 Å². The molecule has 7 atom stereocenters. The molecule has 0 radical (unpaired) electrons. The molecule has 6 N–H and O–H groups in total. The summed E-state index contributed by atoms with van der Waals surface area (Å²) in [5.41, 5.74) is 0.392. The molecule has 12 heteroatoms. The van der Waals surface area contributed by atoms with Gasteiger partial charge >= 0.3 is 0 Å². The average Bonchev–Trinajstić information content (AvgIpc) is 3.02. The van der Waals surface area contributed by atoms with Crippen molar-refractivity contribution in [1.82, 2.24) is 36.9 Å².